The second kappa shape index (κ2) is 7.35. The van der Waals surface area contributed by atoms with E-state index in [1.54, 1.807) is 7.11 Å². The van der Waals surface area contributed by atoms with Crippen LogP contribution >= 0.6 is 0 Å². The van der Waals surface area contributed by atoms with Gasteiger partial charge in [-0.3, -0.25) is 9.69 Å². The van der Waals surface area contributed by atoms with Gasteiger partial charge in [0.05, 0.1) is 12.6 Å². The maximum absolute atomic E-state index is 12.6. The summed E-state index contributed by atoms with van der Waals surface area (Å²) in [6.45, 7) is 2.99. The third-order valence-corrected chi connectivity index (χ3v) is 6.56. The van der Waals surface area contributed by atoms with Crippen LogP contribution in [0.5, 0.6) is 5.75 Å². The largest absolute Gasteiger partial charge is 0.497 e. The molecule has 4 nitrogen and oxygen atoms in total. The van der Waals surface area contributed by atoms with Gasteiger partial charge in [-0.1, -0.05) is 42.5 Å². The van der Waals surface area contributed by atoms with Gasteiger partial charge in [0.15, 0.2) is 0 Å². The summed E-state index contributed by atoms with van der Waals surface area (Å²) in [7, 11) is 3.70. The Hall–Kier alpha value is -2.33. The Kier molecular flexibility index (Phi) is 4.92. The van der Waals surface area contributed by atoms with Crippen molar-refractivity contribution >= 4 is 5.91 Å². The molecule has 2 aliphatic heterocycles. The van der Waals surface area contributed by atoms with Gasteiger partial charge >= 0.3 is 0 Å². The number of likely N-dealkylation sites (N-methyl/N-ethyl adjacent to an activating group) is 1. The van der Waals surface area contributed by atoms with E-state index in [0.29, 0.717) is 12.3 Å². The molecule has 142 valence electrons. The summed E-state index contributed by atoms with van der Waals surface area (Å²) in [5.74, 6) is 1.49. The lowest BCUT2D eigenvalue weighted by atomic mass is 9.73. The van der Waals surface area contributed by atoms with E-state index in [9.17, 15) is 4.79 Å². The summed E-state index contributed by atoms with van der Waals surface area (Å²) in [5, 5.41) is 0. The number of amides is 1. The first-order valence-electron chi connectivity index (χ1n) is 9.79. The molecule has 4 rings (SSSR count). The highest BCUT2D eigenvalue weighted by Crippen LogP contribution is 2.48. The Morgan fingerprint density at radius 2 is 1.70 bits per heavy atom. The number of nitrogens with zero attached hydrogens (tertiary/aromatic N) is 2. The van der Waals surface area contributed by atoms with Gasteiger partial charge in [-0.15, -0.1) is 0 Å². The molecule has 0 bridgehead atoms. The van der Waals surface area contributed by atoms with Crippen LogP contribution < -0.4 is 4.74 Å². The molecule has 1 amide bonds. The van der Waals surface area contributed by atoms with E-state index < -0.39 is 0 Å². The molecule has 4 heteroatoms. The summed E-state index contributed by atoms with van der Waals surface area (Å²) in [4.78, 5) is 17.1. The van der Waals surface area contributed by atoms with E-state index in [1.807, 2.05) is 25.2 Å². The van der Waals surface area contributed by atoms with Gasteiger partial charge in [0.1, 0.15) is 5.75 Å². The predicted molar refractivity (Wildman–Crippen MR) is 107 cm³/mol. The zero-order chi connectivity index (χ0) is 18.9. The molecule has 27 heavy (non-hydrogen) atoms. The molecule has 1 spiro atoms. The molecule has 2 heterocycles. The van der Waals surface area contributed by atoms with Crippen LogP contribution in [0.4, 0.5) is 0 Å². The average Bonchev–Trinajstić information content (AvgIpc) is 2.96. The number of benzene rings is 2. The highest BCUT2D eigenvalue weighted by atomic mass is 16.5. The molecular formula is C23H28N2O2. The Balaban J connectivity index is 1.47. The third-order valence-electron chi connectivity index (χ3n) is 6.56. The van der Waals surface area contributed by atoms with Gasteiger partial charge in [0.2, 0.25) is 5.91 Å². The minimum absolute atomic E-state index is 0.0329. The first kappa shape index (κ1) is 18.1. The summed E-state index contributed by atoms with van der Waals surface area (Å²) in [5.41, 5.74) is 2.58. The first-order chi connectivity index (χ1) is 13.1. The van der Waals surface area contributed by atoms with E-state index in [4.69, 9.17) is 4.74 Å². The first-order valence-corrected chi connectivity index (χ1v) is 9.79. The van der Waals surface area contributed by atoms with Gasteiger partial charge in [0.25, 0.3) is 0 Å². The number of ether oxygens (including phenoxy) is 1. The molecule has 2 aliphatic rings. The van der Waals surface area contributed by atoms with Crippen LogP contribution in [0.25, 0.3) is 0 Å². The topological polar surface area (TPSA) is 32.8 Å². The third kappa shape index (κ3) is 3.34. The van der Waals surface area contributed by atoms with Crippen molar-refractivity contribution in [3.63, 3.8) is 0 Å². The van der Waals surface area contributed by atoms with Crippen molar-refractivity contribution in [2.75, 3.05) is 27.2 Å². The highest BCUT2D eigenvalue weighted by molar-refractivity contribution is 5.81. The fraction of sp³-hybridized carbons (Fsp3) is 0.435. The van der Waals surface area contributed by atoms with Crippen molar-refractivity contribution in [2.24, 2.45) is 0 Å². The van der Waals surface area contributed by atoms with Crippen LogP contribution in [0.15, 0.2) is 54.6 Å². The monoisotopic (exact) mass is 364 g/mol. The molecule has 2 aromatic rings. The lowest BCUT2D eigenvalue weighted by Crippen LogP contribution is -2.53. The highest BCUT2D eigenvalue weighted by Gasteiger charge is 2.52. The van der Waals surface area contributed by atoms with Gasteiger partial charge < -0.3 is 9.64 Å². The quantitative estimate of drug-likeness (QED) is 0.830. The Bertz CT molecular complexity index is 780. The number of carbonyl (C=O) groups is 1. The molecule has 1 atom stereocenters. The zero-order valence-electron chi connectivity index (χ0n) is 16.2. The number of rotatable bonds is 4. The number of carbonyl (C=O) groups excluding carboxylic acids is 1. The molecular weight excluding hydrogens is 336 g/mol. The van der Waals surface area contributed by atoms with Crippen molar-refractivity contribution in [3.05, 3.63) is 65.7 Å². The second-order valence-corrected chi connectivity index (χ2v) is 7.85. The van der Waals surface area contributed by atoms with Gasteiger partial charge in [-0.05, 0) is 36.1 Å². The molecule has 0 aliphatic carbocycles. The standard InChI is InChI=1S/C23H28N2O2/c1-24-22(26)16-21(19-6-4-3-5-7-19)23(24)12-14-25(15-13-23)17-18-8-10-20(27-2)11-9-18/h3-11,21H,12-17H2,1-2H3. The van der Waals surface area contributed by atoms with Crippen LogP contribution in [0.3, 0.4) is 0 Å². The van der Waals surface area contributed by atoms with Crippen molar-refractivity contribution in [3.8, 4) is 5.75 Å². The van der Waals surface area contributed by atoms with Crippen molar-refractivity contribution in [2.45, 2.75) is 37.3 Å². The molecule has 0 saturated carbocycles. The zero-order valence-corrected chi connectivity index (χ0v) is 16.2. The second-order valence-electron chi connectivity index (χ2n) is 7.85. The summed E-state index contributed by atoms with van der Waals surface area (Å²) >= 11 is 0. The summed E-state index contributed by atoms with van der Waals surface area (Å²) in [6, 6.07) is 18.9. The van der Waals surface area contributed by atoms with Gasteiger partial charge in [-0.25, -0.2) is 0 Å². The Labute approximate surface area is 161 Å². The molecule has 1 unspecified atom stereocenters. The van der Waals surface area contributed by atoms with Gasteiger partial charge in [0, 0.05) is 39.0 Å². The lowest BCUT2D eigenvalue weighted by molar-refractivity contribution is -0.130. The molecule has 0 radical (unpaired) electrons. The van der Waals surface area contributed by atoms with Crippen LogP contribution in [0, 0.1) is 0 Å². The molecule has 2 fully saturated rings. The molecule has 0 N–H and O–H groups in total. The van der Waals surface area contributed by atoms with Gasteiger partial charge in [-0.2, -0.15) is 0 Å². The summed E-state index contributed by atoms with van der Waals surface area (Å²) in [6.07, 6.45) is 2.70. The van der Waals surface area contributed by atoms with Crippen LogP contribution in [0.1, 0.15) is 36.3 Å². The number of likely N-dealkylation sites (tertiary alicyclic amines) is 2. The Morgan fingerprint density at radius 1 is 1.04 bits per heavy atom. The molecule has 2 aromatic carbocycles. The van der Waals surface area contributed by atoms with Crippen LogP contribution in [-0.2, 0) is 11.3 Å². The normalized spacial score (nSPS) is 22.4. The summed E-state index contributed by atoms with van der Waals surface area (Å²) < 4.78 is 5.25. The van der Waals surface area contributed by atoms with Crippen molar-refractivity contribution in [1.29, 1.82) is 0 Å². The van der Waals surface area contributed by atoms with E-state index in [0.717, 1.165) is 38.2 Å². The maximum atomic E-state index is 12.6. The number of hydrogen-bond acceptors (Lipinski definition) is 3. The van der Waals surface area contributed by atoms with Crippen molar-refractivity contribution in [1.82, 2.24) is 9.80 Å². The SMILES string of the molecule is COc1ccc(CN2CCC3(CC2)C(c2ccccc2)CC(=O)N3C)cc1. The molecule has 0 aromatic heterocycles. The van der Waals surface area contributed by atoms with E-state index >= 15 is 0 Å². The van der Waals surface area contributed by atoms with E-state index in [2.05, 4.69) is 46.2 Å². The fourth-order valence-corrected chi connectivity index (χ4v) is 4.87. The van der Waals surface area contributed by atoms with Crippen LogP contribution in [-0.4, -0.2) is 48.5 Å². The average molecular weight is 364 g/mol. The lowest BCUT2D eigenvalue weighted by Gasteiger charge is -2.47. The number of hydrogen-bond donors (Lipinski definition) is 0. The van der Waals surface area contributed by atoms with Crippen LogP contribution in [0.2, 0.25) is 0 Å². The predicted octanol–water partition coefficient (Wildman–Crippen LogP) is 3.68. The van der Waals surface area contributed by atoms with E-state index in [-0.39, 0.29) is 11.4 Å². The molecule has 2 saturated heterocycles. The Morgan fingerprint density at radius 3 is 2.33 bits per heavy atom. The van der Waals surface area contributed by atoms with E-state index in [1.165, 1.54) is 11.1 Å². The van der Waals surface area contributed by atoms with Crippen molar-refractivity contribution < 1.29 is 9.53 Å². The fourth-order valence-electron chi connectivity index (χ4n) is 4.87. The minimum Gasteiger partial charge on any atom is -0.497 e. The number of piperidine rings is 1. The smallest absolute Gasteiger partial charge is 0.223 e. The maximum Gasteiger partial charge on any atom is 0.223 e. The number of methoxy groups -OCH3 is 1. The minimum atomic E-state index is -0.0329.